The van der Waals surface area contributed by atoms with Gasteiger partial charge in [-0.2, -0.15) is 0 Å². The Labute approximate surface area is 200 Å². The third-order valence-electron chi connectivity index (χ3n) is 7.20. The minimum atomic E-state index is 0.186. The summed E-state index contributed by atoms with van der Waals surface area (Å²) in [5.41, 5.74) is 6.47. The van der Waals surface area contributed by atoms with Gasteiger partial charge in [-0.25, -0.2) is 0 Å². The molecular weight excluding hydrogens is 432 g/mol. The number of fused-ring (bicyclic) bond motifs is 7. The van der Waals surface area contributed by atoms with Gasteiger partial charge in [0, 0.05) is 36.5 Å². The van der Waals surface area contributed by atoms with Crippen molar-refractivity contribution in [3.8, 4) is 0 Å². The molecule has 0 amide bonds. The van der Waals surface area contributed by atoms with Crippen molar-refractivity contribution >= 4 is 59.0 Å². The highest BCUT2D eigenvalue weighted by atomic mass is 32.1. The third kappa shape index (κ3) is 2.34. The van der Waals surface area contributed by atoms with E-state index in [1.54, 1.807) is 0 Å². The fourth-order valence-corrected chi connectivity index (χ4v) is 6.84. The molecule has 0 saturated carbocycles. The van der Waals surface area contributed by atoms with Crippen LogP contribution in [0.1, 0.15) is 17.2 Å². The van der Waals surface area contributed by atoms with Crippen LogP contribution in [-0.4, -0.2) is 4.68 Å². The maximum absolute atomic E-state index is 2.48. The zero-order valence-electron chi connectivity index (χ0n) is 18.3. The number of aromatic nitrogens is 1. The lowest BCUT2D eigenvalue weighted by Crippen LogP contribution is -2.42. The van der Waals surface area contributed by atoms with Crippen LogP contribution in [0.15, 0.2) is 115 Å². The molecule has 1 atom stereocenters. The monoisotopic (exact) mass is 452 g/mol. The smallest absolute Gasteiger partial charge is 0.103 e. The van der Waals surface area contributed by atoms with E-state index in [0.29, 0.717) is 0 Å². The molecule has 1 aliphatic rings. The Balaban J connectivity index is 1.49. The van der Waals surface area contributed by atoms with E-state index in [1.165, 1.54) is 58.8 Å². The molecule has 3 heterocycles. The summed E-state index contributed by atoms with van der Waals surface area (Å²) in [6.07, 6.45) is 0. The first-order valence-corrected chi connectivity index (χ1v) is 12.5. The topological polar surface area (TPSA) is 8.17 Å². The first-order valence-electron chi connectivity index (χ1n) is 11.7. The quantitative estimate of drug-likeness (QED) is 0.255. The summed E-state index contributed by atoms with van der Waals surface area (Å²) in [7, 11) is 0. The number of nitrogens with zero attached hydrogens (tertiary/aromatic N) is 2. The standard InChI is InChI=1S/C31H20N2S/c1-2-10-20(11-3-1)31-23-14-5-8-16-27(23)33(31)32-26-15-7-4-12-21(26)24-19-30-25(18-28(24)32)22-13-6-9-17-29(22)34-30/h1-19,31H. The van der Waals surface area contributed by atoms with Crippen molar-refractivity contribution in [3.63, 3.8) is 0 Å². The van der Waals surface area contributed by atoms with Gasteiger partial charge in [-0.15, -0.1) is 11.3 Å². The van der Waals surface area contributed by atoms with Gasteiger partial charge in [-0.3, -0.25) is 9.69 Å². The number of para-hydroxylation sites is 2. The fraction of sp³-hybridized carbons (Fsp3) is 0.0323. The van der Waals surface area contributed by atoms with Gasteiger partial charge in [0.15, 0.2) is 0 Å². The minimum absolute atomic E-state index is 0.186. The predicted molar refractivity (Wildman–Crippen MR) is 145 cm³/mol. The molecule has 0 aliphatic carbocycles. The van der Waals surface area contributed by atoms with Crippen LogP contribution in [0.3, 0.4) is 0 Å². The van der Waals surface area contributed by atoms with Crippen molar-refractivity contribution in [2.75, 3.05) is 5.01 Å². The second-order valence-electron chi connectivity index (χ2n) is 9.01. The largest absolute Gasteiger partial charge is 0.268 e. The molecule has 160 valence electrons. The Morgan fingerprint density at radius 3 is 2.18 bits per heavy atom. The van der Waals surface area contributed by atoms with Crippen molar-refractivity contribution in [1.29, 1.82) is 0 Å². The Morgan fingerprint density at radius 1 is 0.529 bits per heavy atom. The Bertz CT molecular complexity index is 1880. The first-order chi connectivity index (χ1) is 16.9. The molecule has 0 radical (unpaired) electrons. The maximum Gasteiger partial charge on any atom is 0.103 e. The van der Waals surface area contributed by atoms with Crippen LogP contribution in [0.2, 0.25) is 0 Å². The molecule has 5 aromatic carbocycles. The molecule has 1 aliphatic heterocycles. The van der Waals surface area contributed by atoms with Gasteiger partial charge in [-0.05, 0) is 35.9 Å². The molecule has 0 fully saturated rings. The van der Waals surface area contributed by atoms with Gasteiger partial charge < -0.3 is 0 Å². The SMILES string of the molecule is c1ccc(C2c3ccccc3N2n2c3ccccc3c3cc4sc5ccccc5c4cc32)cc1. The summed E-state index contributed by atoms with van der Waals surface area (Å²) in [6, 6.07) is 42.2. The number of rotatable bonds is 2. The molecule has 3 heteroatoms. The van der Waals surface area contributed by atoms with Crippen LogP contribution < -0.4 is 5.01 Å². The number of benzene rings is 5. The lowest BCUT2D eigenvalue weighted by Gasteiger charge is -2.46. The molecule has 0 saturated heterocycles. The van der Waals surface area contributed by atoms with Crippen molar-refractivity contribution < 1.29 is 0 Å². The normalized spacial score (nSPS) is 15.3. The van der Waals surface area contributed by atoms with Gasteiger partial charge in [0.1, 0.15) is 6.04 Å². The fourth-order valence-electron chi connectivity index (χ4n) is 5.71. The van der Waals surface area contributed by atoms with E-state index in [-0.39, 0.29) is 6.04 Å². The van der Waals surface area contributed by atoms with Crippen LogP contribution in [0.5, 0.6) is 0 Å². The highest BCUT2D eigenvalue weighted by Gasteiger charge is 2.38. The van der Waals surface area contributed by atoms with Gasteiger partial charge in [0.25, 0.3) is 0 Å². The average molecular weight is 453 g/mol. The van der Waals surface area contributed by atoms with Gasteiger partial charge in [-0.1, -0.05) is 84.9 Å². The number of anilines is 1. The summed E-state index contributed by atoms with van der Waals surface area (Å²) < 4.78 is 5.15. The highest BCUT2D eigenvalue weighted by Crippen LogP contribution is 2.50. The van der Waals surface area contributed by atoms with Crippen LogP contribution in [0.25, 0.3) is 42.0 Å². The van der Waals surface area contributed by atoms with E-state index < -0.39 is 0 Å². The van der Waals surface area contributed by atoms with Crippen molar-refractivity contribution in [2.45, 2.75) is 6.04 Å². The molecule has 2 nitrogen and oxygen atoms in total. The Hall–Kier alpha value is -4.08. The van der Waals surface area contributed by atoms with Crippen molar-refractivity contribution in [3.05, 3.63) is 126 Å². The van der Waals surface area contributed by atoms with Gasteiger partial charge in [0.2, 0.25) is 0 Å². The molecule has 2 aromatic heterocycles. The second kappa shape index (κ2) is 6.72. The van der Waals surface area contributed by atoms with E-state index in [4.69, 9.17) is 0 Å². The summed E-state index contributed by atoms with van der Waals surface area (Å²) in [6.45, 7) is 0. The van der Waals surface area contributed by atoms with E-state index in [9.17, 15) is 0 Å². The zero-order chi connectivity index (χ0) is 22.2. The first kappa shape index (κ1) is 18.4. The molecule has 0 spiro atoms. The summed E-state index contributed by atoms with van der Waals surface area (Å²) in [5, 5.41) is 7.77. The Kier molecular flexibility index (Phi) is 3.63. The summed E-state index contributed by atoms with van der Waals surface area (Å²) >= 11 is 1.89. The highest BCUT2D eigenvalue weighted by molar-refractivity contribution is 7.25. The number of hydrogen-bond acceptors (Lipinski definition) is 2. The van der Waals surface area contributed by atoms with E-state index in [0.717, 1.165) is 0 Å². The van der Waals surface area contributed by atoms with E-state index in [1.807, 2.05) is 11.3 Å². The van der Waals surface area contributed by atoms with Crippen LogP contribution in [0.4, 0.5) is 5.69 Å². The molecular formula is C31H20N2S. The predicted octanol–water partition coefficient (Wildman–Crippen LogP) is 8.54. The molecule has 8 rings (SSSR count). The lowest BCUT2D eigenvalue weighted by atomic mass is 9.89. The van der Waals surface area contributed by atoms with Crippen LogP contribution >= 0.6 is 11.3 Å². The molecule has 0 N–H and O–H groups in total. The van der Waals surface area contributed by atoms with Gasteiger partial charge in [0.05, 0.1) is 16.7 Å². The maximum atomic E-state index is 2.48. The molecule has 1 unspecified atom stereocenters. The van der Waals surface area contributed by atoms with Gasteiger partial charge >= 0.3 is 0 Å². The van der Waals surface area contributed by atoms with Crippen LogP contribution in [-0.2, 0) is 0 Å². The number of thiophene rings is 1. The van der Waals surface area contributed by atoms with E-state index in [2.05, 4.69) is 125 Å². The second-order valence-corrected chi connectivity index (χ2v) is 10.1. The van der Waals surface area contributed by atoms with Crippen LogP contribution in [0, 0.1) is 0 Å². The minimum Gasteiger partial charge on any atom is -0.268 e. The molecule has 0 bridgehead atoms. The van der Waals surface area contributed by atoms with Crippen molar-refractivity contribution in [2.24, 2.45) is 0 Å². The van der Waals surface area contributed by atoms with Crippen molar-refractivity contribution in [1.82, 2.24) is 4.68 Å². The zero-order valence-corrected chi connectivity index (χ0v) is 19.2. The summed E-state index contributed by atoms with van der Waals surface area (Å²) in [5.74, 6) is 0. The Morgan fingerprint density at radius 2 is 1.26 bits per heavy atom. The molecule has 34 heavy (non-hydrogen) atoms. The third-order valence-corrected chi connectivity index (χ3v) is 8.33. The molecule has 7 aromatic rings. The number of hydrogen-bond donors (Lipinski definition) is 0. The lowest BCUT2D eigenvalue weighted by molar-refractivity contribution is 0.595. The summed E-state index contributed by atoms with van der Waals surface area (Å²) in [4.78, 5) is 0. The average Bonchev–Trinajstić information content (AvgIpc) is 3.40. The van der Waals surface area contributed by atoms with E-state index >= 15 is 0 Å².